The summed E-state index contributed by atoms with van der Waals surface area (Å²) in [5.74, 6) is 0.120. The van der Waals surface area contributed by atoms with Gasteiger partial charge in [0.05, 0.1) is 14.2 Å². The third-order valence-corrected chi connectivity index (χ3v) is 22.8. The number of hydrogen-bond acceptors (Lipinski definition) is 10. The number of nitrogens with zero attached hydrogens (tertiary/aromatic N) is 8. The van der Waals surface area contributed by atoms with E-state index in [1.807, 2.05) is 197 Å². The molecule has 4 unspecified atom stereocenters. The predicted molar refractivity (Wildman–Crippen MR) is 410 cm³/mol. The van der Waals surface area contributed by atoms with Crippen molar-refractivity contribution in [3.05, 3.63) is 343 Å². The van der Waals surface area contributed by atoms with Crippen LogP contribution in [0.25, 0.3) is 0 Å². The smallest absolute Gasteiger partial charge is 0.256 e. The molecule has 0 aliphatic carbocycles. The van der Waals surface area contributed by atoms with Crippen molar-refractivity contribution >= 4 is 47.3 Å². The highest BCUT2D eigenvalue weighted by Crippen LogP contribution is 2.55. The highest BCUT2D eigenvalue weighted by Gasteiger charge is 2.63. The third-order valence-electron chi connectivity index (χ3n) is 22.8. The van der Waals surface area contributed by atoms with Crippen LogP contribution in [0.2, 0.25) is 0 Å². The van der Waals surface area contributed by atoms with Gasteiger partial charge in [0.25, 0.3) is 35.4 Å². The van der Waals surface area contributed by atoms with E-state index in [1.54, 1.807) is 39.9 Å². The zero-order valence-electron chi connectivity index (χ0n) is 62.0. The lowest BCUT2D eigenvalue weighted by molar-refractivity contribution is -0.137. The van der Waals surface area contributed by atoms with Crippen LogP contribution < -0.4 is 9.47 Å². The third kappa shape index (κ3) is 11.2. The first-order valence-corrected chi connectivity index (χ1v) is 37.3. The Morgan fingerprint density at radius 3 is 0.818 bits per heavy atom. The molecule has 0 radical (unpaired) electrons. The Morgan fingerprint density at radius 2 is 0.564 bits per heavy atom. The average Bonchev–Trinajstić information content (AvgIpc) is 1.56. The summed E-state index contributed by atoms with van der Waals surface area (Å²) in [6, 6.07) is 72.8. The molecule has 110 heavy (non-hydrogen) atoms. The second-order valence-corrected chi connectivity index (χ2v) is 28.0. The molecule has 0 aromatic heterocycles. The first-order chi connectivity index (χ1) is 53.4. The zero-order chi connectivity index (χ0) is 77.0. The van der Waals surface area contributed by atoms with Crippen molar-refractivity contribution in [2.24, 2.45) is 0 Å². The monoisotopic (exact) mass is 1470 g/mol. The quantitative estimate of drug-likeness (QED) is 0.114. The van der Waals surface area contributed by atoms with E-state index in [-0.39, 0.29) is 53.1 Å². The maximum absolute atomic E-state index is 13.6. The van der Waals surface area contributed by atoms with E-state index in [0.29, 0.717) is 104 Å². The summed E-state index contributed by atoms with van der Waals surface area (Å²) in [5, 5.41) is 0. The summed E-state index contributed by atoms with van der Waals surface area (Å²) in [6.07, 6.45) is 2.70. The maximum atomic E-state index is 13.6. The van der Waals surface area contributed by atoms with Crippen molar-refractivity contribution in [1.82, 2.24) is 39.2 Å². The van der Waals surface area contributed by atoms with Crippen molar-refractivity contribution in [2.75, 3.05) is 66.6 Å². The fraction of sp³-hybridized carbons (Fsp3) is 0.244. The summed E-state index contributed by atoms with van der Waals surface area (Å²) < 4.78 is 37.4. The molecule has 556 valence electrons. The highest BCUT2D eigenvalue weighted by atomic mass is 19.1. The first-order valence-electron chi connectivity index (χ1n) is 37.3. The van der Waals surface area contributed by atoms with Crippen LogP contribution in [0.4, 0.5) is 8.78 Å². The van der Waals surface area contributed by atoms with Crippen LogP contribution in [0.1, 0.15) is 158 Å². The molecule has 8 aliphatic heterocycles. The number of aryl methyl sites for hydroxylation is 2. The van der Waals surface area contributed by atoms with Gasteiger partial charge in [0.1, 0.15) is 23.1 Å². The van der Waals surface area contributed by atoms with Crippen molar-refractivity contribution in [1.29, 1.82) is 0 Å². The molecule has 0 spiro atoms. The van der Waals surface area contributed by atoms with E-state index >= 15 is 0 Å². The Bertz CT molecular complexity index is 4950. The number of halogens is 2. The molecule has 18 nitrogen and oxygen atoms in total. The maximum Gasteiger partial charge on any atom is 0.256 e. The van der Waals surface area contributed by atoms with Gasteiger partial charge in [-0.1, -0.05) is 173 Å². The number of ether oxygens (including phenoxy) is 2. The molecule has 20 heteroatoms. The topological polar surface area (TPSA) is 181 Å². The number of rotatable bonds is 12. The predicted octanol–water partition coefficient (Wildman–Crippen LogP) is 13.6. The van der Waals surface area contributed by atoms with Crippen molar-refractivity contribution in [3.8, 4) is 11.5 Å². The van der Waals surface area contributed by atoms with Crippen LogP contribution in [-0.4, -0.2) is 153 Å². The lowest BCUT2D eigenvalue weighted by Gasteiger charge is -2.40. The number of hydrogen-bond donors (Lipinski definition) is 0. The molecule has 4 fully saturated rings. The Hall–Kier alpha value is -12.6. The summed E-state index contributed by atoms with van der Waals surface area (Å²) in [4.78, 5) is 120. The van der Waals surface area contributed by atoms with Gasteiger partial charge in [0.15, 0.2) is 22.7 Å². The second kappa shape index (κ2) is 29.2. The summed E-state index contributed by atoms with van der Waals surface area (Å²) in [5.41, 5.74) is 9.06. The van der Waals surface area contributed by atoms with Crippen LogP contribution in [0.15, 0.2) is 243 Å². The fourth-order valence-corrected chi connectivity index (χ4v) is 17.8. The largest absolute Gasteiger partial charge is 0.497 e. The molecule has 0 bridgehead atoms. The molecule has 10 aromatic rings. The van der Waals surface area contributed by atoms with Gasteiger partial charge >= 0.3 is 0 Å². The molecule has 0 saturated carbocycles. The molecule has 0 N–H and O–H groups in total. The van der Waals surface area contributed by atoms with Crippen LogP contribution in [0.3, 0.4) is 0 Å². The molecule has 8 amide bonds. The van der Waals surface area contributed by atoms with E-state index < -0.39 is 28.5 Å². The van der Waals surface area contributed by atoms with Gasteiger partial charge in [-0.2, -0.15) is 0 Å². The van der Waals surface area contributed by atoms with Crippen LogP contribution in [0.5, 0.6) is 11.5 Å². The van der Waals surface area contributed by atoms with Crippen LogP contribution in [0, 0.1) is 11.6 Å². The molecule has 18 rings (SSSR count). The minimum Gasteiger partial charge on any atom is -0.497 e. The Balaban J connectivity index is 0.000000117. The molecular formula is C90H82F2N8O10. The Labute approximate surface area is 637 Å². The van der Waals surface area contributed by atoms with Crippen LogP contribution >= 0.6 is 0 Å². The lowest BCUT2D eigenvalue weighted by Crippen LogP contribution is -2.51. The van der Waals surface area contributed by atoms with E-state index in [0.717, 1.165) is 63.1 Å². The highest BCUT2D eigenvalue weighted by molar-refractivity contribution is 6.06. The Morgan fingerprint density at radius 1 is 0.318 bits per heavy atom. The number of carbonyl (C=O) groups excluding carboxylic acids is 8. The van der Waals surface area contributed by atoms with Gasteiger partial charge in [-0.25, -0.2) is 8.78 Å². The number of methoxy groups -OCH3 is 2. The molecule has 4 atom stereocenters. The van der Waals surface area contributed by atoms with E-state index in [2.05, 4.69) is 38.1 Å². The van der Waals surface area contributed by atoms with E-state index in [1.165, 1.54) is 59.7 Å². The van der Waals surface area contributed by atoms with Gasteiger partial charge in [-0.15, -0.1) is 0 Å². The van der Waals surface area contributed by atoms with E-state index in [4.69, 9.17) is 9.47 Å². The second-order valence-electron chi connectivity index (χ2n) is 28.0. The first kappa shape index (κ1) is 73.0. The number of benzene rings is 10. The molecule has 8 heterocycles. The molecule has 8 aliphatic rings. The standard InChI is InChI=1S/C25H21FN2O2.C24H19FN2O3.C21H22N2O2.C20H20N2O3/c1-2-17-7-11-19(12-8-17)25-22-6-4-3-5-21(22)24(30)28(25)16-15-27(25)23(29)18-9-13-20(26)14-10-18;1-30-19-12-8-17(9-13-19)24-21-5-3-2-4-20(21)23(29)27(24)15-14-26(24)22(28)16-6-10-18(25)11-7-16;1-3-15-9-11-16(12-10-15)21-18-8-6-5-7-17(18)20(25)23(21)14-13-22(21)19(24)4-2;1-3-18(23)21-12-13-22-19(24)16-6-4-5-7-17(16)20(21,22)14-8-10-15(25-2)11-9-14/h3-14H,2,15-16H2,1H3;2-13H,14-15H2,1H3;5-12H,3-4,13-14H2,1-2H3;4-11H,3,12-13H2,1-2H3. The van der Waals surface area contributed by atoms with Crippen molar-refractivity contribution in [3.63, 3.8) is 0 Å². The lowest BCUT2D eigenvalue weighted by atomic mass is 9.88. The molecular weight excluding hydrogens is 1390 g/mol. The molecule has 4 saturated heterocycles. The number of amides is 8. The summed E-state index contributed by atoms with van der Waals surface area (Å²) in [6.45, 7) is 11.8. The van der Waals surface area contributed by atoms with Gasteiger partial charge in [-0.05, 0) is 121 Å². The zero-order valence-corrected chi connectivity index (χ0v) is 62.0. The fourth-order valence-electron chi connectivity index (χ4n) is 17.8. The van der Waals surface area contributed by atoms with Crippen molar-refractivity contribution in [2.45, 2.75) is 76.0 Å². The Kier molecular flexibility index (Phi) is 19.4. The average molecular weight is 1470 g/mol. The van der Waals surface area contributed by atoms with Gasteiger partial charge < -0.3 is 48.7 Å². The number of fused-ring (bicyclic) bond motifs is 12. The summed E-state index contributed by atoms with van der Waals surface area (Å²) >= 11 is 0. The van der Waals surface area contributed by atoms with Crippen LogP contribution in [-0.2, 0) is 45.1 Å². The molecule has 10 aromatic carbocycles. The SMILES string of the molecule is CCC(=O)N1CCN2C(=O)c3ccccc3C12c1ccc(CC)cc1.CCC(=O)N1CCN2C(=O)c3ccccc3C12c1ccc(OC)cc1.CCc1ccc(C23c4ccccc4C(=O)N2CCN3C(=O)c2ccc(F)cc2)cc1.COc1ccc(C23c4ccccc4C(=O)N2CCN3C(=O)c2ccc(F)cc2)cc1. The van der Waals surface area contributed by atoms with Crippen molar-refractivity contribution < 1.29 is 56.6 Å². The van der Waals surface area contributed by atoms with Gasteiger partial charge in [0, 0.05) is 143 Å². The van der Waals surface area contributed by atoms with E-state index in [9.17, 15) is 47.1 Å². The van der Waals surface area contributed by atoms with Gasteiger partial charge in [-0.3, -0.25) is 38.4 Å². The normalized spacial score (nSPS) is 20.4. The number of carbonyl (C=O) groups is 8. The van der Waals surface area contributed by atoms with Gasteiger partial charge in [0.2, 0.25) is 11.8 Å². The summed E-state index contributed by atoms with van der Waals surface area (Å²) in [7, 11) is 3.21. The minimum absolute atomic E-state index is 0.0153. The minimum atomic E-state index is -1.05.